The minimum Gasteiger partial charge on any atom is -0.351 e. The fraction of sp³-hybridized carbons (Fsp3) is 0.414. The van der Waals surface area contributed by atoms with E-state index in [1.165, 1.54) is 0 Å². The van der Waals surface area contributed by atoms with Crippen molar-refractivity contribution in [3.8, 4) is 22.4 Å². The third kappa shape index (κ3) is 5.20. The molecule has 12 heteroatoms. The SMILES string of the molecule is Cc1cncc(-c2ccc(-c3cc4cnc(NC5C6CNCC65)nc4n(CCC4OCC(N)CO4)c3=O)c(Cl)c2)n1. The number of piperidine rings is 1. The Hall–Kier alpha value is -3.48. The van der Waals surface area contributed by atoms with E-state index in [1.54, 1.807) is 23.2 Å². The molecular formula is C29H31ClN8O3. The Balaban J connectivity index is 1.25. The van der Waals surface area contributed by atoms with Crippen molar-refractivity contribution in [3.05, 3.63) is 63.9 Å². The molecule has 2 aliphatic heterocycles. The fourth-order valence-corrected chi connectivity index (χ4v) is 6.15. The molecule has 0 amide bonds. The normalized spacial score (nSPS) is 25.3. The molecule has 4 aromatic rings. The summed E-state index contributed by atoms with van der Waals surface area (Å²) in [6.45, 7) is 5.08. The van der Waals surface area contributed by atoms with Crippen LogP contribution in [0.25, 0.3) is 33.4 Å². The van der Waals surface area contributed by atoms with Gasteiger partial charge in [-0.15, -0.1) is 0 Å². The molecule has 41 heavy (non-hydrogen) atoms. The van der Waals surface area contributed by atoms with E-state index in [-0.39, 0.29) is 11.6 Å². The number of halogens is 1. The topological polar surface area (TPSA) is 142 Å². The smallest absolute Gasteiger partial charge is 0.260 e. The van der Waals surface area contributed by atoms with Gasteiger partial charge in [-0.1, -0.05) is 23.7 Å². The van der Waals surface area contributed by atoms with Crippen LogP contribution >= 0.6 is 11.6 Å². The molecule has 3 aromatic heterocycles. The van der Waals surface area contributed by atoms with Gasteiger partial charge in [0.25, 0.3) is 5.56 Å². The van der Waals surface area contributed by atoms with Crippen LogP contribution in [0.2, 0.25) is 5.02 Å². The summed E-state index contributed by atoms with van der Waals surface area (Å²) < 4.78 is 13.2. The number of nitrogens with two attached hydrogens (primary N) is 1. The molecule has 11 nitrogen and oxygen atoms in total. The van der Waals surface area contributed by atoms with Gasteiger partial charge in [0.1, 0.15) is 5.65 Å². The maximum absolute atomic E-state index is 14.1. The molecule has 0 radical (unpaired) electrons. The van der Waals surface area contributed by atoms with Crippen molar-refractivity contribution < 1.29 is 9.47 Å². The van der Waals surface area contributed by atoms with Crippen LogP contribution in [0.3, 0.4) is 0 Å². The summed E-state index contributed by atoms with van der Waals surface area (Å²) in [5.41, 5.74) is 9.67. The van der Waals surface area contributed by atoms with E-state index in [0.29, 0.717) is 77.5 Å². The van der Waals surface area contributed by atoms with E-state index in [0.717, 1.165) is 29.7 Å². The van der Waals surface area contributed by atoms with Crippen LogP contribution in [-0.4, -0.2) is 69.2 Å². The van der Waals surface area contributed by atoms with Crippen molar-refractivity contribution in [2.24, 2.45) is 17.6 Å². The molecule has 7 rings (SSSR count). The molecule has 1 aromatic carbocycles. The quantitative estimate of drug-likeness (QED) is 0.301. The molecular weight excluding hydrogens is 544 g/mol. The summed E-state index contributed by atoms with van der Waals surface area (Å²) in [7, 11) is 0. The highest BCUT2D eigenvalue weighted by Crippen LogP contribution is 2.43. The number of fused-ring (bicyclic) bond motifs is 2. The van der Waals surface area contributed by atoms with Gasteiger partial charge in [0.05, 0.1) is 36.8 Å². The second-order valence-corrected chi connectivity index (χ2v) is 11.4. The zero-order valence-electron chi connectivity index (χ0n) is 22.6. The van der Waals surface area contributed by atoms with Crippen molar-refractivity contribution in [2.75, 3.05) is 31.6 Å². The van der Waals surface area contributed by atoms with Crippen molar-refractivity contribution in [1.29, 1.82) is 0 Å². The summed E-state index contributed by atoms with van der Waals surface area (Å²) >= 11 is 6.78. The number of nitrogens with one attached hydrogen (secondary N) is 2. The second-order valence-electron chi connectivity index (χ2n) is 11.0. The van der Waals surface area contributed by atoms with Crippen LogP contribution in [-0.2, 0) is 16.0 Å². The molecule has 2 saturated heterocycles. The number of anilines is 1. The highest BCUT2D eigenvalue weighted by atomic mass is 35.5. The summed E-state index contributed by atoms with van der Waals surface area (Å²) in [5, 5.41) is 8.05. The first-order valence-electron chi connectivity index (χ1n) is 13.9. The Morgan fingerprint density at radius 3 is 2.66 bits per heavy atom. The molecule has 2 unspecified atom stereocenters. The standard InChI is InChI=1S/C29H31ClN8O3/c1-15-8-32-12-24(35-15)16-2-3-19(23(30)7-16)20-6-17-9-34-29(36-26-21-10-33-11-22(21)26)37-27(17)38(28(20)39)5-4-25-40-13-18(31)14-41-25/h2-3,6-9,12,18,21-22,25-26,33H,4-5,10-11,13-14,31H2,1H3,(H,34,36,37). The fourth-order valence-electron chi connectivity index (χ4n) is 5.87. The molecule has 4 N–H and O–H groups in total. The van der Waals surface area contributed by atoms with Crippen LogP contribution in [0.5, 0.6) is 0 Å². The van der Waals surface area contributed by atoms with E-state index in [9.17, 15) is 4.79 Å². The van der Waals surface area contributed by atoms with Crippen molar-refractivity contribution in [2.45, 2.75) is 38.3 Å². The van der Waals surface area contributed by atoms with Crippen LogP contribution in [0.15, 0.2) is 47.7 Å². The minimum atomic E-state index is -0.448. The van der Waals surface area contributed by atoms with Gasteiger partial charge >= 0.3 is 0 Å². The average Bonchev–Trinajstić information content (AvgIpc) is 3.37. The predicted molar refractivity (Wildman–Crippen MR) is 156 cm³/mol. The lowest BCUT2D eigenvalue weighted by atomic mass is 10.0. The average molecular weight is 575 g/mol. The third-order valence-electron chi connectivity index (χ3n) is 8.11. The number of rotatable bonds is 7. The largest absolute Gasteiger partial charge is 0.351 e. The van der Waals surface area contributed by atoms with Gasteiger partial charge in [-0.3, -0.25) is 14.3 Å². The van der Waals surface area contributed by atoms with Gasteiger partial charge in [0.15, 0.2) is 6.29 Å². The Bertz CT molecular complexity index is 1660. The van der Waals surface area contributed by atoms with Crippen LogP contribution in [0.4, 0.5) is 5.95 Å². The lowest BCUT2D eigenvalue weighted by Crippen LogP contribution is -2.41. The number of nitrogens with zero attached hydrogens (tertiary/aromatic N) is 5. The summed E-state index contributed by atoms with van der Waals surface area (Å²) in [4.78, 5) is 32.2. The Kier molecular flexibility index (Phi) is 6.92. The van der Waals surface area contributed by atoms with E-state index in [4.69, 9.17) is 31.8 Å². The van der Waals surface area contributed by atoms with Crippen molar-refractivity contribution in [3.63, 3.8) is 0 Å². The number of aryl methyl sites for hydroxylation is 2. The van der Waals surface area contributed by atoms with E-state index < -0.39 is 6.29 Å². The van der Waals surface area contributed by atoms with Gasteiger partial charge in [-0.2, -0.15) is 4.98 Å². The molecule has 1 saturated carbocycles. The predicted octanol–water partition coefficient (Wildman–Crippen LogP) is 2.60. The molecule has 1 aliphatic carbocycles. The lowest BCUT2D eigenvalue weighted by molar-refractivity contribution is -0.189. The van der Waals surface area contributed by atoms with E-state index in [2.05, 4.69) is 25.6 Å². The van der Waals surface area contributed by atoms with E-state index in [1.807, 2.05) is 31.2 Å². The minimum absolute atomic E-state index is 0.146. The van der Waals surface area contributed by atoms with Crippen LogP contribution < -0.4 is 21.9 Å². The zero-order valence-corrected chi connectivity index (χ0v) is 23.3. The molecule has 2 atom stereocenters. The Labute approximate surface area is 241 Å². The summed E-state index contributed by atoms with van der Waals surface area (Å²) in [5.74, 6) is 1.72. The highest BCUT2D eigenvalue weighted by molar-refractivity contribution is 6.33. The molecule has 3 fully saturated rings. The Morgan fingerprint density at radius 2 is 1.90 bits per heavy atom. The van der Waals surface area contributed by atoms with Gasteiger partial charge in [0.2, 0.25) is 5.95 Å². The van der Waals surface area contributed by atoms with Crippen LogP contribution in [0.1, 0.15) is 12.1 Å². The Morgan fingerprint density at radius 1 is 1.10 bits per heavy atom. The van der Waals surface area contributed by atoms with Gasteiger partial charge in [-0.05, 0) is 30.9 Å². The first kappa shape index (κ1) is 26.4. The number of pyridine rings is 1. The first-order chi connectivity index (χ1) is 19.9. The molecule has 212 valence electrons. The van der Waals surface area contributed by atoms with Gasteiger partial charge < -0.3 is 25.8 Å². The lowest BCUT2D eigenvalue weighted by Gasteiger charge is -2.27. The van der Waals surface area contributed by atoms with Gasteiger partial charge in [-0.25, -0.2) is 9.97 Å². The van der Waals surface area contributed by atoms with Gasteiger partial charge in [0, 0.05) is 71.6 Å². The molecule has 3 aliphatic rings. The second kappa shape index (κ2) is 10.7. The first-order valence-corrected chi connectivity index (χ1v) is 14.3. The van der Waals surface area contributed by atoms with Crippen molar-refractivity contribution >= 4 is 28.6 Å². The maximum Gasteiger partial charge on any atom is 0.260 e. The highest BCUT2D eigenvalue weighted by Gasteiger charge is 2.53. The van der Waals surface area contributed by atoms with Crippen molar-refractivity contribution in [1.82, 2.24) is 29.8 Å². The number of benzene rings is 1. The van der Waals surface area contributed by atoms with Crippen LogP contribution in [0, 0.1) is 18.8 Å². The number of aromatic nitrogens is 5. The maximum atomic E-state index is 14.1. The zero-order chi connectivity index (χ0) is 28.1. The molecule has 0 spiro atoms. The summed E-state index contributed by atoms with van der Waals surface area (Å²) in [6, 6.07) is 7.58. The molecule has 5 heterocycles. The molecule has 0 bridgehead atoms. The number of hydrogen-bond acceptors (Lipinski definition) is 10. The summed E-state index contributed by atoms with van der Waals surface area (Å²) in [6.07, 6.45) is 5.17. The van der Waals surface area contributed by atoms with E-state index >= 15 is 0 Å². The monoisotopic (exact) mass is 574 g/mol. The third-order valence-corrected chi connectivity index (χ3v) is 8.42. The number of hydrogen-bond donors (Lipinski definition) is 3. The number of ether oxygens (including phenoxy) is 2.